The molecule has 1 N–H and O–H groups in total. The van der Waals surface area contributed by atoms with Crippen LogP contribution in [-0.2, 0) is 13.1 Å². The molecule has 1 aliphatic heterocycles. The standard InChI is InChI=1S/C16H27N3/c1-3-14-8-10-19(11-9-14)13-16-7-5-6-15(18-16)12-17-4-2/h5-7,14,17H,3-4,8-13H2,1-2H3. The van der Waals surface area contributed by atoms with Crippen molar-refractivity contribution in [3.05, 3.63) is 29.6 Å². The highest BCUT2D eigenvalue weighted by atomic mass is 15.1. The third-order valence-corrected chi connectivity index (χ3v) is 4.09. The number of piperidine rings is 1. The second-order valence-corrected chi connectivity index (χ2v) is 5.53. The summed E-state index contributed by atoms with van der Waals surface area (Å²) in [5, 5.41) is 3.33. The minimum atomic E-state index is 0.877. The van der Waals surface area contributed by atoms with Crippen LogP contribution in [0.4, 0.5) is 0 Å². The molecule has 0 saturated carbocycles. The van der Waals surface area contributed by atoms with Crippen molar-refractivity contribution in [1.29, 1.82) is 0 Å². The van der Waals surface area contributed by atoms with Gasteiger partial charge in [-0.2, -0.15) is 0 Å². The van der Waals surface area contributed by atoms with Gasteiger partial charge in [-0.15, -0.1) is 0 Å². The fourth-order valence-electron chi connectivity index (χ4n) is 2.75. The van der Waals surface area contributed by atoms with Gasteiger partial charge >= 0.3 is 0 Å². The van der Waals surface area contributed by atoms with Gasteiger partial charge in [-0.1, -0.05) is 26.3 Å². The highest BCUT2D eigenvalue weighted by molar-refractivity contribution is 5.11. The first-order valence-corrected chi connectivity index (χ1v) is 7.69. The Hall–Kier alpha value is -0.930. The molecule has 0 spiro atoms. The molecule has 1 saturated heterocycles. The van der Waals surface area contributed by atoms with E-state index in [0.717, 1.165) is 31.2 Å². The average Bonchev–Trinajstić information content (AvgIpc) is 2.46. The molecular weight excluding hydrogens is 234 g/mol. The molecule has 1 aromatic rings. The molecule has 1 aliphatic rings. The SMILES string of the molecule is CCNCc1cccc(CN2CCC(CC)CC2)n1. The smallest absolute Gasteiger partial charge is 0.0547 e. The van der Waals surface area contributed by atoms with Crippen LogP contribution >= 0.6 is 0 Å². The lowest BCUT2D eigenvalue weighted by Gasteiger charge is -2.31. The van der Waals surface area contributed by atoms with Crippen LogP contribution in [0.2, 0.25) is 0 Å². The fraction of sp³-hybridized carbons (Fsp3) is 0.688. The van der Waals surface area contributed by atoms with Crippen molar-refractivity contribution in [2.45, 2.75) is 46.2 Å². The molecular formula is C16H27N3. The molecule has 1 fully saturated rings. The van der Waals surface area contributed by atoms with Gasteiger partial charge in [-0.25, -0.2) is 0 Å². The van der Waals surface area contributed by atoms with E-state index in [9.17, 15) is 0 Å². The van der Waals surface area contributed by atoms with Crippen molar-refractivity contribution < 1.29 is 0 Å². The highest BCUT2D eigenvalue weighted by Gasteiger charge is 2.17. The summed E-state index contributed by atoms with van der Waals surface area (Å²) in [5.74, 6) is 0.948. The summed E-state index contributed by atoms with van der Waals surface area (Å²) in [7, 11) is 0. The lowest BCUT2D eigenvalue weighted by atomic mass is 9.94. The molecule has 0 aliphatic carbocycles. The van der Waals surface area contributed by atoms with Gasteiger partial charge in [0.25, 0.3) is 0 Å². The van der Waals surface area contributed by atoms with Gasteiger partial charge in [0.2, 0.25) is 0 Å². The van der Waals surface area contributed by atoms with E-state index in [1.54, 1.807) is 0 Å². The van der Waals surface area contributed by atoms with E-state index in [2.05, 4.69) is 42.3 Å². The van der Waals surface area contributed by atoms with Gasteiger partial charge in [0, 0.05) is 13.1 Å². The number of nitrogens with zero attached hydrogens (tertiary/aromatic N) is 2. The molecule has 0 aromatic carbocycles. The molecule has 3 nitrogen and oxygen atoms in total. The topological polar surface area (TPSA) is 28.2 Å². The maximum absolute atomic E-state index is 4.74. The molecule has 0 unspecified atom stereocenters. The van der Waals surface area contributed by atoms with Gasteiger partial charge in [0.1, 0.15) is 0 Å². The van der Waals surface area contributed by atoms with Gasteiger partial charge < -0.3 is 5.32 Å². The molecule has 2 heterocycles. The van der Waals surface area contributed by atoms with Crippen LogP contribution in [0.15, 0.2) is 18.2 Å². The van der Waals surface area contributed by atoms with E-state index in [1.807, 2.05) is 0 Å². The van der Waals surface area contributed by atoms with E-state index in [-0.39, 0.29) is 0 Å². The van der Waals surface area contributed by atoms with Crippen molar-refractivity contribution in [1.82, 2.24) is 15.2 Å². The van der Waals surface area contributed by atoms with Crippen LogP contribution in [0.1, 0.15) is 44.5 Å². The zero-order chi connectivity index (χ0) is 13.5. The fourth-order valence-corrected chi connectivity index (χ4v) is 2.75. The third kappa shape index (κ3) is 4.59. The maximum atomic E-state index is 4.74. The predicted octanol–water partition coefficient (Wildman–Crippen LogP) is 2.81. The van der Waals surface area contributed by atoms with Crippen molar-refractivity contribution in [3.8, 4) is 0 Å². The largest absolute Gasteiger partial charge is 0.311 e. The van der Waals surface area contributed by atoms with Gasteiger partial charge in [0.15, 0.2) is 0 Å². The van der Waals surface area contributed by atoms with Crippen LogP contribution < -0.4 is 5.32 Å². The molecule has 19 heavy (non-hydrogen) atoms. The van der Waals surface area contributed by atoms with Crippen molar-refractivity contribution in [3.63, 3.8) is 0 Å². The van der Waals surface area contributed by atoms with E-state index in [4.69, 9.17) is 4.98 Å². The summed E-state index contributed by atoms with van der Waals surface area (Å²) < 4.78 is 0. The lowest BCUT2D eigenvalue weighted by Crippen LogP contribution is -2.33. The molecule has 106 valence electrons. The summed E-state index contributed by atoms with van der Waals surface area (Å²) in [4.78, 5) is 7.29. The molecule has 0 amide bonds. The molecule has 0 bridgehead atoms. The number of aromatic nitrogens is 1. The summed E-state index contributed by atoms with van der Waals surface area (Å²) in [5.41, 5.74) is 2.37. The average molecular weight is 261 g/mol. The van der Waals surface area contributed by atoms with E-state index in [1.165, 1.54) is 38.0 Å². The molecule has 1 aromatic heterocycles. The number of pyridine rings is 1. The van der Waals surface area contributed by atoms with Crippen molar-refractivity contribution in [2.75, 3.05) is 19.6 Å². The lowest BCUT2D eigenvalue weighted by molar-refractivity contribution is 0.173. The second kappa shape index (κ2) is 7.61. The minimum Gasteiger partial charge on any atom is -0.311 e. The second-order valence-electron chi connectivity index (χ2n) is 5.53. The number of rotatable bonds is 6. The van der Waals surface area contributed by atoms with E-state index >= 15 is 0 Å². The Balaban J connectivity index is 1.85. The quantitative estimate of drug-likeness (QED) is 0.853. The van der Waals surface area contributed by atoms with Gasteiger partial charge in [-0.3, -0.25) is 9.88 Å². The first kappa shape index (κ1) is 14.5. The maximum Gasteiger partial charge on any atom is 0.0547 e. The monoisotopic (exact) mass is 261 g/mol. The minimum absolute atomic E-state index is 0.877. The predicted molar refractivity (Wildman–Crippen MR) is 79.9 cm³/mol. The van der Waals surface area contributed by atoms with Crippen LogP contribution in [0, 0.1) is 5.92 Å². The first-order chi connectivity index (χ1) is 9.31. The Labute approximate surface area is 117 Å². The zero-order valence-electron chi connectivity index (χ0n) is 12.4. The summed E-state index contributed by atoms with van der Waals surface area (Å²) >= 11 is 0. The summed E-state index contributed by atoms with van der Waals surface area (Å²) in [6.45, 7) is 9.79. The molecule has 3 heteroatoms. The Bertz CT molecular complexity index is 370. The highest BCUT2D eigenvalue weighted by Crippen LogP contribution is 2.20. The third-order valence-electron chi connectivity index (χ3n) is 4.09. The Morgan fingerprint density at radius 3 is 2.63 bits per heavy atom. The van der Waals surface area contributed by atoms with Crippen LogP contribution in [0.3, 0.4) is 0 Å². The number of nitrogens with one attached hydrogen (secondary N) is 1. The number of hydrogen-bond acceptors (Lipinski definition) is 3. The van der Waals surface area contributed by atoms with E-state index in [0.29, 0.717) is 0 Å². The van der Waals surface area contributed by atoms with Crippen LogP contribution in [-0.4, -0.2) is 29.5 Å². The normalized spacial score (nSPS) is 17.8. The van der Waals surface area contributed by atoms with Gasteiger partial charge in [0.05, 0.1) is 11.4 Å². The first-order valence-electron chi connectivity index (χ1n) is 7.69. The summed E-state index contributed by atoms with van der Waals surface area (Å²) in [6.07, 6.45) is 4.05. The van der Waals surface area contributed by atoms with Crippen LogP contribution in [0.25, 0.3) is 0 Å². The molecule has 2 rings (SSSR count). The Kier molecular flexibility index (Phi) is 5.80. The number of hydrogen-bond donors (Lipinski definition) is 1. The zero-order valence-corrected chi connectivity index (χ0v) is 12.4. The van der Waals surface area contributed by atoms with Gasteiger partial charge in [-0.05, 0) is 50.5 Å². The summed E-state index contributed by atoms with van der Waals surface area (Å²) in [6, 6.07) is 6.39. The number of likely N-dealkylation sites (tertiary alicyclic amines) is 1. The van der Waals surface area contributed by atoms with E-state index < -0.39 is 0 Å². The van der Waals surface area contributed by atoms with Crippen molar-refractivity contribution in [2.24, 2.45) is 5.92 Å². The van der Waals surface area contributed by atoms with Crippen molar-refractivity contribution >= 4 is 0 Å². The Morgan fingerprint density at radius 1 is 1.21 bits per heavy atom. The molecule has 0 atom stereocenters. The molecule has 0 radical (unpaired) electrons. The Morgan fingerprint density at radius 2 is 1.95 bits per heavy atom. The van der Waals surface area contributed by atoms with Crippen LogP contribution in [0.5, 0.6) is 0 Å².